The van der Waals surface area contributed by atoms with Crippen molar-refractivity contribution in [3.63, 3.8) is 0 Å². The van der Waals surface area contributed by atoms with E-state index in [1.807, 2.05) is 38.1 Å². The number of H-pyrrole nitrogens is 1. The first kappa shape index (κ1) is 33.0. The van der Waals surface area contributed by atoms with E-state index in [-0.39, 0.29) is 37.7 Å². The molecule has 0 bridgehead atoms. The number of nitrogens with one attached hydrogen (secondary N) is 4. The average Bonchev–Trinajstić information content (AvgIpc) is 3.33. The molecule has 0 aliphatic heterocycles. The van der Waals surface area contributed by atoms with Crippen molar-refractivity contribution < 1.29 is 29.4 Å². The lowest BCUT2D eigenvalue weighted by molar-refractivity contribution is -0.145. The number of hydrogen-bond donors (Lipinski definition) is 9. The van der Waals surface area contributed by atoms with E-state index in [1.165, 1.54) is 6.92 Å². The number of aliphatic hydroxyl groups excluding tert-OH is 1. The molecule has 3 amide bonds. The standard InChI is InChI=1S/C27H42N8O6/c1-4-14(2)21(28)25(39)34-20(12-16-13-32-18-9-6-5-8-17(16)18)24(38)33-19(10-7-11-31-27(29)30)23(37)35-22(15(3)36)26(40)41/h5-6,8-9,13-15,19-22,32,36H,4,7,10-12,28H2,1-3H3,(H,33,38)(H,34,39)(H,35,37)(H,40,41)(H4,29,30,31). The maximum atomic E-state index is 13.6. The minimum Gasteiger partial charge on any atom is -0.480 e. The van der Waals surface area contributed by atoms with Crippen LogP contribution in [0, 0.1) is 5.92 Å². The topological polar surface area (TPSA) is 251 Å². The fourth-order valence-electron chi connectivity index (χ4n) is 4.20. The summed E-state index contributed by atoms with van der Waals surface area (Å²) in [5.74, 6) is -3.75. The Balaban J connectivity index is 2.34. The minimum atomic E-state index is -1.60. The van der Waals surface area contributed by atoms with Gasteiger partial charge < -0.3 is 48.3 Å². The van der Waals surface area contributed by atoms with Gasteiger partial charge in [-0.1, -0.05) is 38.5 Å². The summed E-state index contributed by atoms with van der Waals surface area (Å²) < 4.78 is 0. The number of para-hydroxylation sites is 1. The SMILES string of the molecule is CCC(C)C(N)C(=O)NC(Cc1c[nH]c2ccccc12)C(=O)NC(CCCN=C(N)N)C(=O)NC(C(=O)O)C(C)O. The van der Waals surface area contributed by atoms with Crippen molar-refractivity contribution in [1.82, 2.24) is 20.9 Å². The summed E-state index contributed by atoms with van der Waals surface area (Å²) in [4.78, 5) is 58.3. The molecular formula is C27H42N8O6. The van der Waals surface area contributed by atoms with Gasteiger partial charge in [-0.25, -0.2) is 4.79 Å². The van der Waals surface area contributed by atoms with Gasteiger partial charge in [0.15, 0.2) is 12.0 Å². The fraction of sp³-hybridized carbons (Fsp3) is 0.519. The van der Waals surface area contributed by atoms with Crippen LogP contribution in [0.2, 0.25) is 0 Å². The molecule has 14 nitrogen and oxygen atoms in total. The molecule has 0 aliphatic carbocycles. The van der Waals surface area contributed by atoms with Crippen LogP contribution in [0.25, 0.3) is 10.9 Å². The molecule has 226 valence electrons. The Morgan fingerprint density at radius 2 is 1.63 bits per heavy atom. The number of carbonyl (C=O) groups is 4. The molecule has 0 aliphatic rings. The van der Waals surface area contributed by atoms with E-state index in [1.54, 1.807) is 6.20 Å². The van der Waals surface area contributed by atoms with Crippen molar-refractivity contribution in [2.75, 3.05) is 6.54 Å². The molecule has 2 rings (SSSR count). The first-order valence-electron chi connectivity index (χ1n) is 13.5. The molecule has 6 unspecified atom stereocenters. The second-order valence-electron chi connectivity index (χ2n) is 10.1. The third-order valence-corrected chi connectivity index (χ3v) is 6.92. The largest absolute Gasteiger partial charge is 0.480 e. The van der Waals surface area contributed by atoms with E-state index in [0.717, 1.165) is 16.5 Å². The molecule has 2 aromatic rings. The number of aliphatic carboxylic acids is 1. The van der Waals surface area contributed by atoms with Crippen molar-refractivity contribution in [1.29, 1.82) is 0 Å². The number of rotatable bonds is 16. The summed E-state index contributed by atoms with van der Waals surface area (Å²) in [5, 5.41) is 27.7. The highest BCUT2D eigenvalue weighted by molar-refractivity contribution is 5.95. The highest BCUT2D eigenvalue weighted by Crippen LogP contribution is 2.19. The van der Waals surface area contributed by atoms with E-state index >= 15 is 0 Å². The van der Waals surface area contributed by atoms with Gasteiger partial charge in [0.2, 0.25) is 17.7 Å². The number of benzene rings is 1. The van der Waals surface area contributed by atoms with Gasteiger partial charge in [-0.15, -0.1) is 0 Å². The van der Waals surface area contributed by atoms with E-state index < -0.39 is 54.0 Å². The summed E-state index contributed by atoms with van der Waals surface area (Å²) in [7, 11) is 0. The first-order valence-corrected chi connectivity index (χ1v) is 13.5. The highest BCUT2D eigenvalue weighted by Gasteiger charge is 2.32. The zero-order valence-corrected chi connectivity index (χ0v) is 23.6. The van der Waals surface area contributed by atoms with Gasteiger partial charge in [0.05, 0.1) is 12.1 Å². The number of nitrogens with zero attached hydrogens (tertiary/aromatic N) is 1. The molecule has 12 N–H and O–H groups in total. The monoisotopic (exact) mass is 574 g/mol. The number of aliphatic imine (C=N–C) groups is 1. The van der Waals surface area contributed by atoms with Gasteiger partial charge in [0, 0.05) is 30.1 Å². The second kappa shape index (κ2) is 15.6. The van der Waals surface area contributed by atoms with Crippen LogP contribution in [-0.2, 0) is 25.6 Å². The van der Waals surface area contributed by atoms with Crippen molar-refractivity contribution in [2.45, 2.75) is 76.7 Å². The molecule has 41 heavy (non-hydrogen) atoms. The van der Waals surface area contributed by atoms with Gasteiger partial charge in [0.1, 0.15) is 12.1 Å². The Hall–Kier alpha value is -4.17. The molecule has 1 aromatic carbocycles. The number of carbonyl (C=O) groups excluding carboxylic acids is 3. The molecule has 14 heteroatoms. The number of aliphatic hydroxyl groups is 1. The maximum Gasteiger partial charge on any atom is 0.328 e. The van der Waals surface area contributed by atoms with Crippen LogP contribution < -0.4 is 33.2 Å². The van der Waals surface area contributed by atoms with Crippen LogP contribution >= 0.6 is 0 Å². The number of hydrogen-bond acceptors (Lipinski definition) is 7. The summed E-state index contributed by atoms with van der Waals surface area (Å²) in [6, 6.07) is 2.68. The van der Waals surface area contributed by atoms with Crippen LogP contribution in [0.4, 0.5) is 0 Å². The molecule has 0 radical (unpaired) electrons. The van der Waals surface area contributed by atoms with Gasteiger partial charge >= 0.3 is 5.97 Å². The minimum absolute atomic E-state index is 0.0423. The maximum absolute atomic E-state index is 13.6. The molecule has 0 saturated heterocycles. The summed E-state index contributed by atoms with van der Waals surface area (Å²) in [6.07, 6.45) is 1.39. The van der Waals surface area contributed by atoms with E-state index in [4.69, 9.17) is 17.2 Å². The van der Waals surface area contributed by atoms with E-state index in [9.17, 15) is 29.4 Å². The third kappa shape index (κ3) is 9.76. The van der Waals surface area contributed by atoms with Crippen molar-refractivity contribution in [3.05, 3.63) is 36.0 Å². The number of nitrogens with two attached hydrogens (primary N) is 3. The third-order valence-electron chi connectivity index (χ3n) is 6.92. The number of guanidine groups is 1. The van der Waals surface area contributed by atoms with Crippen LogP contribution in [-0.4, -0.2) is 81.7 Å². The highest BCUT2D eigenvalue weighted by atomic mass is 16.4. The number of aromatic nitrogens is 1. The normalized spacial score (nSPS) is 15.5. The smallest absolute Gasteiger partial charge is 0.328 e. The number of amides is 3. The summed E-state index contributed by atoms with van der Waals surface area (Å²) in [6.45, 7) is 5.10. The molecular weight excluding hydrogens is 532 g/mol. The number of fused-ring (bicyclic) bond motifs is 1. The van der Waals surface area contributed by atoms with E-state index in [2.05, 4.69) is 25.9 Å². The van der Waals surface area contributed by atoms with Crippen LogP contribution in [0.15, 0.2) is 35.5 Å². The van der Waals surface area contributed by atoms with Gasteiger partial charge in [-0.3, -0.25) is 19.4 Å². The molecule has 0 spiro atoms. The molecule has 6 atom stereocenters. The summed E-state index contributed by atoms with van der Waals surface area (Å²) in [5.41, 5.74) is 18.4. The molecule has 1 aromatic heterocycles. The van der Waals surface area contributed by atoms with Crippen LogP contribution in [0.3, 0.4) is 0 Å². The van der Waals surface area contributed by atoms with Crippen molar-refractivity contribution in [2.24, 2.45) is 28.1 Å². The lowest BCUT2D eigenvalue weighted by Gasteiger charge is -2.26. The Bertz CT molecular complexity index is 1230. The summed E-state index contributed by atoms with van der Waals surface area (Å²) >= 11 is 0. The van der Waals surface area contributed by atoms with Crippen molar-refractivity contribution >= 4 is 40.6 Å². The number of carboxylic acid groups (broad SMARTS) is 1. The molecule has 1 heterocycles. The fourth-order valence-corrected chi connectivity index (χ4v) is 4.20. The van der Waals surface area contributed by atoms with Gasteiger partial charge in [0.25, 0.3) is 0 Å². The number of aromatic amines is 1. The Morgan fingerprint density at radius 3 is 2.24 bits per heavy atom. The lowest BCUT2D eigenvalue weighted by Crippen LogP contribution is -2.59. The quantitative estimate of drug-likeness (QED) is 0.0680. The van der Waals surface area contributed by atoms with Crippen LogP contribution in [0.5, 0.6) is 0 Å². The van der Waals surface area contributed by atoms with Crippen LogP contribution in [0.1, 0.15) is 45.6 Å². The lowest BCUT2D eigenvalue weighted by atomic mass is 9.98. The van der Waals surface area contributed by atoms with Gasteiger partial charge in [-0.05, 0) is 37.3 Å². The Kier molecular flexibility index (Phi) is 12.5. The Morgan fingerprint density at radius 1 is 1.00 bits per heavy atom. The molecule has 0 saturated carbocycles. The van der Waals surface area contributed by atoms with E-state index in [0.29, 0.717) is 6.42 Å². The zero-order valence-electron chi connectivity index (χ0n) is 23.6. The average molecular weight is 575 g/mol. The first-order chi connectivity index (χ1) is 19.3. The Labute approximate surface area is 238 Å². The predicted octanol–water partition coefficient (Wildman–Crippen LogP) is -0.943. The van der Waals surface area contributed by atoms with Crippen molar-refractivity contribution in [3.8, 4) is 0 Å². The van der Waals surface area contributed by atoms with Gasteiger partial charge in [-0.2, -0.15) is 0 Å². The second-order valence-corrected chi connectivity index (χ2v) is 10.1. The molecule has 0 fully saturated rings. The zero-order chi connectivity index (χ0) is 30.7. The number of carboxylic acids is 1. The predicted molar refractivity (Wildman–Crippen MR) is 154 cm³/mol.